The maximum absolute atomic E-state index is 14.5. The molecule has 8 nitrogen and oxygen atoms in total. The van der Waals surface area contributed by atoms with Gasteiger partial charge in [-0.05, 0) is 44.5 Å². The molecule has 4 aromatic rings. The van der Waals surface area contributed by atoms with Gasteiger partial charge < -0.3 is 14.6 Å². The molecular weight excluding hydrogens is 421 g/mol. The molecule has 0 aliphatic carbocycles. The molecule has 1 N–H and O–H groups in total. The van der Waals surface area contributed by atoms with E-state index < -0.39 is 5.82 Å². The Hall–Kier alpha value is -3.59. The van der Waals surface area contributed by atoms with Crippen LogP contribution in [0.2, 0.25) is 0 Å². The zero-order chi connectivity index (χ0) is 22.5. The zero-order valence-corrected chi connectivity index (χ0v) is 18.3. The van der Waals surface area contributed by atoms with Crippen LogP contribution in [0.5, 0.6) is 0 Å². The molecule has 0 bridgehead atoms. The number of fused-ring (bicyclic) bond motifs is 3. The van der Waals surface area contributed by atoms with Gasteiger partial charge in [-0.25, -0.2) is 9.37 Å². The third-order valence-electron chi connectivity index (χ3n) is 6.72. The average molecular weight is 446 g/mol. The topological polar surface area (TPSA) is 78.7 Å². The summed E-state index contributed by atoms with van der Waals surface area (Å²) >= 11 is 0. The molecule has 0 radical (unpaired) electrons. The van der Waals surface area contributed by atoms with Crippen LogP contribution in [0.3, 0.4) is 0 Å². The standard InChI is InChI=1S/C24H24FN7O/c1-15-12-32-13-16(11-20(25)23(32)27-15)28-24(33)19-4-5-21(18-6-7-26-29-22(18)19)31-10-9-30-8-2-3-17(30)14-31/h4-7,11-13,17H,2-3,8-10,14H2,1H3,(H,28,33)/t17-/m0/s1. The first-order chi connectivity index (χ1) is 16.1. The first kappa shape index (κ1) is 20.0. The number of halogens is 1. The van der Waals surface area contributed by atoms with Crippen LogP contribution in [-0.2, 0) is 0 Å². The van der Waals surface area contributed by atoms with Crippen LogP contribution >= 0.6 is 0 Å². The van der Waals surface area contributed by atoms with Gasteiger partial charge in [0.1, 0.15) is 5.52 Å². The molecule has 0 saturated carbocycles. The van der Waals surface area contributed by atoms with Gasteiger partial charge in [0.05, 0.1) is 23.1 Å². The fraction of sp³-hybridized carbons (Fsp3) is 0.333. The fourth-order valence-corrected chi connectivity index (χ4v) is 5.18. The monoisotopic (exact) mass is 445 g/mol. The Bertz CT molecular complexity index is 1380. The molecule has 0 spiro atoms. The number of aromatic nitrogens is 4. The van der Waals surface area contributed by atoms with Crippen LogP contribution in [0.15, 0.2) is 42.9 Å². The van der Waals surface area contributed by atoms with Gasteiger partial charge in [-0.1, -0.05) is 0 Å². The van der Waals surface area contributed by atoms with Crippen LogP contribution < -0.4 is 10.2 Å². The molecule has 6 rings (SSSR count). The number of piperazine rings is 1. The Morgan fingerprint density at radius 3 is 3.00 bits per heavy atom. The maximum Gasteiger partial charge on any atom is 0.257 e. The van der Waals surface area contributed by atoms with Crippen molar-refractivity contribution >= 4 is 33.8 Å². The number of imidazole rings is 1. The van der Waals surface area contributed by atoms with E-state index in [9.17, 15) is 9.18 Å². The number of nitrogens with one attached hydrogen (secondary N) is 1. The molecule has 0 unspecified atom stereocenters. The SMILES string of the molecule is Cc1cn2cc(NC(=O)c3ccc(N4CCN5CCC[C@H]5C4)c4ccnnc34)cc(F)c2n1. The van der Waals surface area contributed by atoms with Gasteiger partial charge in [0, 0.05) is 55.2 Å². The second-order valence-corrected chi connectivity index (χ2v) is 8.85. The Labute approximate surface area is 190 Å². The van der Waals surface area contributed by atoms with Crippen molar-refractivity contribution in [2.24, 2.45) is 0 Å². The molecule has 3 aromatic heterocycles. The number of carbonyl (C=O) groups excluding carboxylic acids is 1. The number of hydrogen-bond acceptors (Lipinski definition) is 6. The summed E-state index contributed by atoms with van der Waals surface area (Å²) in [7, 11) is 0. The molecule has 33 heavy (non-hydrogen) atoms. The number of nitrogens with zero attached hydrogens (tertiary/aromatic N) is 6. The molecular formula is C24H24FN7O. The van der Waals surface area contributed by atoms with Crippen molar-refractivity contribution in [2.45, 2.75) is 25.8 Å². The van der Waals surface area contributed by atoms with E-state index in [0.29, 0.717) is 28.5 Å². The lowest BCUT2D eigenvalue weighted by molar-refractivity contribution is 0.102. The molecule has 168 valence electrons. The second-order valence-electron chi connectivity index (χ2n) is 8.85. The summed E-state index contributed by atoms with van der Waals surface area (Å²) < 4.78 is 16.0. The summed E-state index contributed by atoms with van der Waals surface area (Å²) in [5.74, 6) is -0.852. The second kappa shape index (κ2) is 7.77. The van der Waals surface area contributed by atoms with Gasteiger partial charge in [-0.2, -0.15) is 5.10 Å². The number of pyridine rings is 1. The van der Waals surface area contributed by atoms with Crippen molar-refractivity contribution in [2.75, 3.05) is 36.4 Å². The quantitative estimate of drug-likeness (QED) is 0.522. The lowest BCUT2D eigenvalue weighted by atomic mass is 10.0. The molecule has 2 aliphatic rings. The van der Waals surface area contributed by atoms with Gasteiger partial charge >= 0.3 is 0 Å². The van der Waals surface area contributed by atoms with Gasteiger partial charge in [0.25, 0.3) is 5.91 Å². The van der Waals surface area contributed by atoms with Gasteiger partial charge in [0.2, 0.25) is 0 Å². The Morgan fingerprint density at radius 2 is 2.09 bits per heavy atom. The van der Waals surface area contributed by atoms with Crippen LogP contribution in [0.25, 0.3) is 16.6 Å². The Balaban J connectivity index is 1.33. The highest BCUT2D eigenvalue weighted by atomic mass is 19.1. The molecule has 1 atom stereocenters. The minimum atomic E-state index is -0.494. The summed E-state index contributed by atoms with van der Waals surface area (Å²) in [4.78, 5) is 22.3. The number of anilines is 2. The highest BCUT2D eigenvalue weighted by Gasteiger charge is 2.31. The molecule has 1 amide bonds. The number of carbonyl (C=O) groups is 1. The largest absolute Gasteiger partial charge is 0.368 e. The Morgan fingerprint density at radius 1 is 1.18 bits per heavy atom. The normalized spacial score (nSPS) is 18.7. The van der Waals surface area contributed by atoms with Crippen molar-refractivity contribution in [3.63, 3.8) is 0 Å². The first-order valence-corrected chi connectivity index (χ1v) is 11.3. The summed E-state index contributed by atoms with van der Waals surface area (Å²) in [5.41, 5.74) is 3.30. The summed E-state index contributed by atoms with van der Waals surface area (Å²) in [6, 6.07) is 7.56. The van der Waals surface area contributed by atoms with E-state index in [0.717, 1.165) is 30.7 Å². The van der Waals surface area contributed by atoms with Gasteiger partial charge in [-0.3, -0.25) is 9.69 Å². The summed E-state index contributed by atoms with van der Waals surface area (Å²) in [6.07, 6.45) is 7.51. The number of benzene rings is 1. The summed E-state index contributed by atoms with van der Waals surface area (Å²) in [6.45, 7) is 5.96. The predicted molar refractivity (Wildman–Crippen MR) is 124 cm³/mol. The van der Waals surface area contributed by atoms with E-state index in [4.69, 9.17) is 0 Å². The Kier molecular flexibility index (Phi) is 4.72. The van der Waals surface area contributed by atoms with E-state index in [2.05, 4.69) is 30.3 Å². The third-order valence-corrected chi connectivity index (χ3v) is 6.72. The van der Waals surface area contributed by atoms with Crippen LogP contribution in [0.4, 0.5) is 15.8 Å². The van der Waals surface area contributed by atoms with Gasteiger partial charge in [0.15, 0.2) is 11.5 Å². The van der Waals surface area contributed by atoms with E-state index >= 15 is 0 Å². The van der Waals surface area contributed by atoms with E-state index in [1.165, 1.54) is 25.5 Å². The molecule has 2 fully saturated rings. The number of hydrogen-bond donors (Lipinski definition) is 1. The third kappa shape index (κ3) is 3.48. The molecule has 5 heterocycles. The zero-order valence-electron chi connectivity index (χ0n) is 18.3. The van der Waals surface area contributed by atoms with E-state index in [1.54, 1.807) is 36.0 Å². The smallest absolute Gasteiger partial charge is 0.257 e. The van der Waals surface area contributed by atoms with Crippen molar-refractivity contribution < 1.29 is 9.18 Å². The van der Waals surface area contributed by atoms with E-state index in [1.807, 2.05) is 12.1 Å². The van der Waals surface area contributed by atoms with Crippen molar-refractivity contribution in [3.05, 3.63) is 59.9 Å². The number of aryl methyl sites for hydroxylation is 1. The molecule has 9 heteroatoms. The van der Waals surface area contributed by atoms with Crippen molar-refractivity contribution in [1.82, 2.24) is 24.5 Å². The van der Waals surface area contributed by atoms with Crippen LogP contribution in [0.1, 0.15) is 28.9 Å². The maximum atomic E-state index is 14.5. The lowest BCUT2D eigenvalue weighted by Gasteiger charge is -2.39. The highest BCUT2D eigenvalue weighted by Crippen LogP contribution is 2.32. The van der Waals surface area contributed by atoms with Crippen LogP contribution in [0, 0.1) is 12.7 Å². The number of amides is 1. The minimum Gasteiger partial charge on any atom is -0.368 e. The van der Waals surface area contributed by atoms with Crippen molar-refractivity contribution in [1.29, 1.82) is 0 Å². The van der Waals surface area contributed by atoms with E-state index in [-0.39, 0.29) is 11.6 Å². The molecule has 1 aromatic carbocycles. The average Bonchev–Trinajstić information content (AvgIpc) is 3.43. The van der Waals surface area contributed by atoms with Gasteiger partial charge in [-0.15, -0.1) is 5.10 Å². The first-order valence-electron chi connectivity index (χ1n) is 11.3. The van der Waals surface area contributed by atoms with Crippen LogP contribution in [-0.4, -0.2) is 62.6 Å². The molecule has 2 saturated heterocycles. The van der Waals surface area contributed by atoms with Crippen molar-refractivity contribution in [3.8, 4) is 0 Å². The highest BCUT2D eigenvalue weighted by molar-refractivity contribution is 6.13. The molecule has 2 aliphatic heterocycles. The minimum absolute atomic E-state index is 0.230. The summed E-state index contributed by atoms with van der Waals surface area (Å²) in [5, 5.41) is 12.0. The lowest BCUT2D eigenvalue weighted by Crippen LogP contribution is -2.50. The number of rotatable bonds is 3. The fourth-order valence-electron chi connectivity index (χ4n) is 5.18. The predicted octanol–water partition coefficient (Wildman–Crippen LogP) is 3.26.